The van der Waals surface area contributed by atoms with Gasteiger partial charge in [-0.15, -0.1) is 11.3 Å². The number of ether oxygens (including phenoxy) is 1. The van der Waals surface area contributed by atoms with Crippen LogP contribution in [0.1, 0.15) is 24.8 Å². The fourth-order valence-electron chi connectivity index (χ4n) is 2.71. The van der Waals surface area contributed by atoms with Gasteiger partial charge in [0.1, 0.15) is 0 Å². The minimum absolute atomic E-state index is 0.354. The lowest BCUT2D eigenvalue weighted by Gasteiger charge is -2.22. The highest BCUT2D eigenvalue weighted by molar-refractivity contribution is 7.18. The zero-order chi connectivity index (χ0) is 13.1. The Bertz CT molecular complexity index is 501. The lowest BCUT2D eigenvalue weighted by Crippen LogP contribution is -2.41. The normalized spacial score (nSPS) is 21.0. The second-order valence-corrected chi connectivity index (χ2v) is 6.11. The van der Waals surface area contributed by atoms with Crippen LogP contribution in [0.25, 0.3) is 10.2 Å². The first-order chi connectivity index (χ1) is 9.36. The van der Waals surface area contributed by atoms with Gasteiger partial charge in [0, 0.05) is 19.1 Å². The van der Waals surface area contributed by atoms with Gasteiger partial charge in [0.15, 0.2) is 0 Å². The van der Waals surface area contributed by atoms with Gasteiger partial charge in [0.05, 0.1) is 21.3 Å². The Morgan fingerprint density at radius 2 is 2.37 bits per heavy atom. The molecule has 0 spiro atoms. The van der Waals surface area contributed by atoms with E-state index in [0.717, 1.165) is 25.1 Å². The molecule has 1 saturated heterocycles. The molecular formula is C15H20N2OS. The van der Waals surface area contributed by atoms with Crippen molar-refractivity contribution in [3.05, 3.63) is 29.3 Å². The molecule has 3 rings (SSSR count). The average molecular weight is 276 g/mol. The van der Waals surface area contributed by atoms with Crippen molar-refractivity contribution in [2.45, 2.75) is 38.3 Å². The van der Waals surface area contributed by atoms with Crippen molar-refractivity contribution in [3.8, 4) is 0 Å². The van der Waals surface area contributed by atoms with E-state index < -0.39 is 0 Å². The summed E-state index contributed by atoms with van der Waals surface area (Å²) in [5.74, 6) is 0. The number of hydrogen-bond donors (Lipinski definition) is 1. The third kappa shape index (κ3) is 2.96. The molecule has 1 N–H and O–H groups in total. The molecular weight excluding hydrogens is 256 g/mol. The summed E-state index contributed by atoms with van der Waals surface area (Å²) in [4.78, 5) is 4.73. The van der Waals surface area contributed by atoms with Crippen molar-refractivity contribution in [1.29, 1.82) is 0 Å². The molecule has 0 aliphatic carbocycles. The van der Waals surface area contributed by atoms with Crippen LogP contribution in [0, 0.1) is 0 Å². The molecule has 2 atom stereocenters. The molecule has 102 valence electrons. The molecule has 1 aromatic carbocycles. The molecule has 4 heteroatoms. The van der Waals surface area contributed by atoms with Crippen LogP contribution < -0.4 is 5.32 Å². The van der Waals surface area contributed by atoms with Gasteiger partial charge in [-0.05, 0) is 31.5 Å². The first kappa shape index (κ1) is 13.0. The lowest BCUT2D eigenvalue weighted by molar-refractivity contribution is 0.0789. The zero-order valence-corrected chi connectivity index (χ0v) is 12.1. The van der Waals surface area contributed by atoms with E-state index in [1.54, 1.807) is 11.3 Å². The van der Waals surface area contributed by atoms with Gasteiger partial charge in [-0.1, -0.05) is 19.1 Å². The fourth-order valence-corrected chi connectivity index (χ4v) is 3.74. The molecule has 0 saturated carbocycles. The van der Waals surface area contributed by atoms with E-state index in [1.807, 2.05) is 6.07 Å². The number of thiazole rings is 1. The molecule has 0 radical (unpaired) electrons. The van der Waals surface area contributed by atoms with Crippen LogP contribution in [-0.4, -0.2) is 30.3 Å². The van der Waals surface area contributed by atoms with E-state index in [4.69, 9.17) is 9.72 Å². The van der Waals surface area contributed by atoms with Crippen LogP contribution in [0.3, 0.4) is 0 Å². The zero-order valence-electron chi connectivity index (χ0n) is 11.3. The number of nitrogens with zero attached hydrogens (tertiary/aromatic N) is 1. The van der Waals surface area contributed by atoms with Crippen molar-refractivity contribution < 1.29 is 4.74 Å². The van der Waals surface area contributed by atoms with Crippen LogP contribution >= 0.6 is 11.3 Å². The molecule has 3 nitrogen and oxygen atoms in total. The summed E-state index contributed by atoms with van der Waals surface area (Å²) in [7, 11) is 0. The number of likely N-dealkylation sites (N-methyl/N-ethyl adjacent to an activating group) is 1. The molecule has 0 amide bonds. The summed E-state index contributed by atoms with van der Waals surface area (Å²) < 4.78 is 7.11. The summed E-state index contributed by atoms with van der Waals surface area (Å²) in [6.07, 6.45) is 3.68. The largest absolute Gasteiger partial charge is 0.377 e. The molecule has 2 aromatic rings. The first-order valence-electron chi connectivity index (χ1n) is 7.06. The van der Waals surface area contributed by atoms with E-state index in [9.17, 15) is 0 Å². The number of nitrogens with one attached hydrogen (secondary N) is 1. The van der Waals surface area contributed by atoms with E-state index >= 15 is 0 Å². The SMILES string of the molecule is CCNC(Cc1nc2ccccc2s1)C1CCCO1. The van der Waals surface area contributed by atoms with Gasteiger partial charge in [-0.3, -0.25) is 0 Å². The Morgan fingerprint density at radius 3 is 3.11 bits per heavy atom. The highest BCUT2D eigenvalue weighted by Crippen LogP contribution is 2.25. The average Bonchev–Trinajstić information content (AvgIpc) is 3.07. The van der Waals surface area contributed by atoms with Crippen LogP contribution in [0.4, 0.5) is 0 Å². The molecule has 2 unspecified atom stereocenters. The van der Waals surface area contributed by atoms with Gasteiger partial charge in [-0.25, -0.2) is 4.98 Å². The van der Waals surface area contributed by atoms with E-state index in [1.165, 1.54) is 22.5 Å². The smallest absolute Gasteiger partial charge is 0.0955 e. The number of aromatic nitrogens is 1. The third-order valence-corrected chi connectivity index (χ3v) is 4.67. The summed E-state index contributed by atoms with van der Waals surface area (Å²) >= 11 is 1.80. The molecule has 0 bridgehead atoms. The van der Waals surface area contributed by atoms with Gasteiger partial charge >= 0.3 is 0 Å². The monoisotopic (exact) mass is 276 g/mol. The maximum Gasteiger partial charge on any atom is 0.0955 e. The molecule has 1 aliphatic heterocycles. The van der Waals surface area contributed by atoms with Crippen LogP contribution in [-0.2, 0) is 11.2 Å². The number of para-hydroxylation sites is 1. The first-order valence-corrected chi connectivity index (χ1v) is 7.88. The van der Waals surface area contributed by atoms with Crippen molar-refractivity contribution in [1.82, 2.24) is 10.3 Å². The summed E-state index contributed by atoms with van der Waals surface area (Å²) in [5, 5.41) is 4.77. The number of benzene rings is 1. The van der Waals surface area contributed by atoms with E-state index in [0.29, 0.717) is 12.1 Å². The highest BCUT2D eigenvalue weighted by Gasteiger charge is 2.26. The number of fused-ring (bicyclic) bond motifs is 1. The maximum atomic E-state index is 5.83. The van der Waals surface area contributed by atoms with Crippen molar-refractivity contribution in [3.63, 3.8) is 0 Å². The van der Waals surface area contributed by atoms with Crippen LogP contribution in [0.5, 0.6) is 0 Å². The standard InChI is InChI=1S/C15H20N2OS/c1-2-16-12(13-7-5-9-18-13)10-15-17-11-6-3-4-8-14(11)19-15/h3-4,6,8,12-13,16H,2,5,7,9-10H2,1H3. The van der Waals surface area contributed by atoms with Crippen LogP contribution in [0.2, 0.25) is 0 Å². The Kier molecular flexibility index (Phi) is 4.11. The quantitative estimate of drug-likeness (QED) is 0.911. The molecule has 1 aromatic heterocycles. The number of rotatable bonds is 5. The molecule has 19 heavy (non-hydrogen) atoms. The Morgan fingerprint density at radius 1 is 1.47 bits per heavy atom. The van der Waals surface area contributed by atoms with E-state index in [2.05, 4.69) is 30.4 Å². The predicted octanol–water partition coefficient (Wildman–Crippen LogP) is 3.00. The second-order valence-electron chi connectivity index (χ2n) is 5.00. The van der Waals surface area contributed by atoms with Crippen molar-refractivity contribution in [2.75, 3.05) is 13.2 Å². The molecule has 2 heterocycles. The van der Waals surface area contributed by atoms with Crippen molar-refractivity contribution in [2.24, 2.45) is 0 Å². The predicted molar refractivity (Wildman–Crippen MR) is 79.8 cm³/mol. The minimum Gasteiger partial charge on any atom is -0.377 e. The van der Waals surface area contributed by atoms with Crippen molar-refractivity contribution >= 4 is 21.6 Å². The molecule has 1 aliphatic rings. The van der Waals surface area contributed by atoms with Gasteiger partial charge in [0.25, 0.3) is 0 Å². The Balaban J connectivity index is 1.76. The fraction of sp³-hybridized carbons (Fsp3) is 0.533. The van der Waals surface area contributed by atoms with Gasteiger partial charge in [0.2, 0.25) is 0 Å². The third-order valence-electron chi connectivity index (χ3n) is 3.61. The summed E-state index contributed by atoms with van der Waals surface area (Å²) in [5.41, 5.74) is 1.12. The Hall–Kier alpha value is -0.970. The lowest BCUT2D eigenvalue weighted by atomic mass is 10.1. The van der Waals surface area contributed by atoms with Gasteiger partial charge < -0.3 is 10.1 Å². The Labute approximate surface area is 118 Å². The van der Waals surface area contributed by atoms with E-state index in [-0.39, 0.29) is 0 Å². The minimum atomic E-state index is 0.354. The highest BCUT2D eigenvalue weighted by atomic mass is 32.1. The summed E-state index contributed by atoms with van der Waals surface area (Å²) in [6, 6.07) is 8.75. The topological polar surface area (TPSA) is 34.2 Å². The maximum absolute atomic E-state index is 5.83. The van der Waals surface area contributed by atoms with Crippen LogP contribution in [0.15, 0.2) is 24.3 Å². The number of hydrogen-bond acceptors (Lipinski definition) is 4. The molecule has 1 fully saturated rings. The second kappa shape index (κ2) is 5.99. The van der Waals surface area contributed by atoms with Gasteiger partial charge in [-0.2, -0.15) is 0 Å². The summed E-state index contributed by atoms with van der Waals surface area (Å²) in [6.45, 7) is 4.04.